The van der Waals surface area contributed by atoms with Crippen molar-refractivity contribution in [1.82, 2.24) is 40.6 Å². The minimum atomic E-state index is -4.60. The highest BCUT2D eigenvalue weighted by atomic mass is 32.2. The summed E-state index contributed by atoms with van der Waals surface area (Å²) in [4.78, 5) is 6.57. The molecule has 1 saturated heterocycles. The molecule has 4 aromatic rings. The minimum absolute atomic E-state index is 0.114. The van der Waals surface area contributed by atoms with Gasteiger partial charge in [-0.3, -0.25) is 0 Å². The lowest BCUT2D eigenvalue weighted by Gasteiger charge is -2.18. The normalized spacial score (nSPS) is 17.6. The summed E-state index contributed by atoms with van der Waals surface area (Å²) in [7, 11) is -8.90. The van der Waals surface area contributed by atoms with Gasteiger partial charge in [0.2, 0.25) is 25.9 Å². The molecular weight excluding hydrogens is 508 g/mol. The van der Waals surface area contributed by atoms with E-state index >= 15 is 0 Å². The maximum Gasteiger partial charge on any atom is 0.242 e. The fourth-order valence-electron chi connectivity index (χ4n) is 4.29. The smallest absolute Gasteiger partial charge is 0.242 e. The molecule has 190 valence electrons. The lowest BCUT2D eigenvalue weighted by molar-refractivity contribution is 0.555. The third-order valence-corrected chi connectivity index (χ3v) is 8.58. The third kappa shape index (κ3) is 4.38. The molecule has 14 nitrogen and oxygen atoms in total. The first-order valence-corrected chi connectivity index (χ1v) is 14.0. The van der Waals surface area contributed by atoms with E-state index < -0.39 is 35.9 Å². The number of fused-ring (bicyclic) bond motifs is 1. The predicted octanol–water partition coefficient (Wildman–Crippen LogP) is -0.283. The quantitative estimate of drug-likeness (QED) is 0.182. The first kappa shape index (κ1) is 24.4. The lowest BCUT2D eigenvalue weighted by Crippen LogP contribution is -2.37. The minimum Gasteiger partial charge on any atom is -0.341 e. The number of sulfonamides is 2. The van der Waals surface area contributed by atoms with Crippen LogP contribution in [0.5, 0.6) is 0 Å². The highest BCUT2D eigenvalue weighted by molar-refractivity contribution is 7.92. The van der Waals surface area contributed by atoms with Crippen molar-refractivity contribution >= 4 is 31.1 Å². The fraction of sp³-hybridized carbons (Fsp3) is 0.300. The average molecular weight is 533 g/mol. The third-order valence-electron chi connectivity index (χ3n) is 5.90. The Bertz CT molecular complexity index is 1640. The van der Waals surface area contributed by atoms with E-state index in [9.17, 15) is 16.8 Å². The molecule has 2 atom stereocenters. The van der Waals surface area contributed by atoms with Gasteiger partial charge >= 0.3 is 0 Å². The van der Waals surface area contributed by atoms with E-state index in [-0.39, 0.29) is 17.4 Å². The summed E-state index contributed by atoms with van der Waals surface area (Å²) in [5.74, 6) is 0.382. The van der Waals surface area contributed by atoms with Crippen molar-refractivity contribution in [2.24, 2.45) is 10.9 Å². The van der Waals surface area contributed by atoms with Crippen molar-refractivity contribution < 1.29 is 16.8 Å². The van der Waals surface area contributed by atoms with E-state index in [2.05, 4.69) is 40.6 Å². The predicted molar refractivity (Wildman–Crippen MR) is 130 cm³/mol. The van der Waals surface area contributed by atoms with Gasteiger partial charge in [0.25, 0.3) is 0 Å². The summed E-state index contributed by atoms with van der Waals surface area (Å²) >= 11 is 0. The Morgan fingerprint density at radius 2 is 1.94 bits per heavy atom. The molecule has 3 heterocycles. The molecule has 2 aromatic heterocycles. The summed E-state index contributed by atoms with van der Waals surface area (Å²) < 4.78 is 55.2. The van der Waals surface area contributed by atoms with Crippen molar-refractivity contribution in [3.63, 3.8) is 0 Å². The maximum absolute atomic E-state index is 13.4. The van der Waals surface area contributed by atoms with E-state index in [1.807, 2.05) is 0 Å². The molecule has 1 unspecified atom stereocenters. The molecule has 2 aromatic carbocycles. The van der Waals surface area contributed by atoms with Crippen LogP contribution in [0.15, 0.2) is 40.1 Å². The number of aromatic nitrogens is 6. The molecule has 36 heavy (non-hydrogen) atoms. The van der Waals surface area contributed by atoms with Crippen molar-refractivity contribution in [1.29, 1.82) is 0 Å². The second-order valence-electron chi connectivity index (χ2n) is 8.52. The van der Waals surface area contributed by atoms with E-state index in [0.29, 0.717) is 47.5 Å². The van der Waals surface area contributed by atoms with Gasteiger partial charge in [-0.25, -0.2) is 31.7 Å². The van der Waals surface area contributed by atoms with E-state index in [1.54, 1.807) is 25.1 Å². The molecule has 0 aliphatic carbocycles. The first-order chi connectivity index (χ1) is 17.1. The first-order valence-electron chi connectivity index (χ1n) is 11.0. The monoisotopic (exact) mass is 532 g/mol. The number of tetrazole rings is 1. The number of nitrogens with zero attached hydrogens (tertiary/aromatic N) is 4. The standard InChI is InChI=1S/C20H24N10O4S2/c1-10(21)19-24-14-4-2-3-13(17(14)25-19)12-5-6-15(36(33,34)28-11-7-8-23-9-11)18(35(22,31)32)16(12)20-26-29-30-27-20/h2-6,10-11,23,28H,7-9,21H2,1H3,(H,24,25)(H2,22,31,32)(H,26,27,29,30)/t10-,11?/m1/s1. The SMILES string of the molecule is C[C@@H](N)c1nc2c(-c3ccc(S(=O)(=O)NC4CCNC4)c(S(N)(=O)=O)c3-c3nn[nH]n3)cccc2[nH]1. The number of rotatable bonds is 7. The van der Waals surface area contributed by atoms with Crippen molar-refractivity contribution in [3.05, 3.63) is 36.2 Å². The van der Waals surface area contributed by atoms with Crippen LogP contribution in [-0.2, 0) is 20.0 Å². The Morgan fingerprint density at radius 1 is 1.14 bits per heavy atom. The van der Waals surface area contributed by atoms with Crippen LogP contribution >= 0.6 is 0 Å². The van der Waals surface area contributed by atoms with Gasteiger partial charge in [0.05, 0.1) is 22.6 Å². The van der Waals surface area contributed by atoms with Gasteiger partial charge in [0.1, 0.15) is 15.6 Å². The number of nitrogens with one attached hydrogen (secondary N) is 4. The second kappa shape index (κ2) is 8.99. The van der Waals surface area contributed by atoms with Gasteiger partial charge in [0, 0.05) is 18.2 Å². The summed E-state index contributed by atoms with van der Waals surface area (Å²) in [5, 5.41) is 22.4. The zero-order valence-electron chi connectivity index (χ0n) is 19.1. The Balaban J connectivity index is 1.82. The van der Waals surface area contributed by atoms with Crippen LogP contribution < -0.4 is 20.9 Å². The Hall–Kier alpha value is -3.28. The summed E-state index contributed by atoms with van der Waals surface area (Å²) in [5.41, 5.74) is 7.83. The number of aromatic amines is 2. The molecule has 5 rings (SSSR count). The highest BCUT2D eigenvalue weighted by Crippen LogP contribution is 2.40. The van der Waals surface area contributed by atoms with Crippen LogP contribution in [0.3, 0.4) is 0 Å². The number of hydrogen-bond donors (Lipinski definition) is 6. The zero-order valence-corrected chi connectivity index (χ0v) is 20.7. The number of hydrogen-bond acceptors (Lipinski definition) is 10. The lowest BCUT2D eigenvalue weighted by atomic mass is 9.98. The van der Waals surface area contributed by atoms with Gasteiger partial charge < -0.3 is 16.0 Å². The Kier molecular flexibility index (Phi) is 6.09. The molecule has 0 amide bonds. The topological polar surface area (TPSA) is 228 Å². The summed E-state index contributed by atoms with van der Waals surface area (Å²) in [6.45, 7) is 2.83. The summed E-state index contributed by atoms with van der Waals surface area (Å²) in [6.07, 6.45) is 0.558. The molecule has 8 N–H and O–H groups in total. The maximum atomic E-state index is 13.4. The van der Waals surface area contributed by atoms with E-state index in [1.165, 1.54) is 12.1 Å². The van der Waals surface area contributed by atoms with E-state index in [4.69, 9.17) is 10.9 Å². The van der Waals surface area contributed by atoms with Crippen molar-refractivity contribution in [3.8, 4) is 22.5 Å². The molecule has 0 spiro atoms. The number of primary sulfonamides is 1. The molecule has 1 fully saturated rings. The number of H-pyrrole nitrogens is 2. The second-order valence-corrected chi connectivity index (χ2v) is 11.7. The molecule has 0 saturated carbocycles. The molecule has 1 aliphatic rings. The highest BCUT2D eigenvalue weighted by Gasteiger charge is 2.34. The summed E-state index contributed by atoms with van der Waals surface area (Å²) in [6, 6.07) is 7.17. The molecule has 0 bridgehead atoms. The zero-order chi connectivity index (χ0) is 25.7. The number of para-hydroxylation sites is 1. The molecule has 0 radical (unpaired) electrons. The molecule has 16 heteroatoms. The van der Waals surface area contributed by atoms with Crippen LogP contribution in [0.1, 0.15) is 25.2 Å². The molecular formula is C20H24N10O4S2. The Labute approximate surface area is 206 Å². The largest absolute Gasteiger partial charge is 0.341 e. The number of imidazole rings is 1. The van der Waals surface area contributed by atoms with Gasteiger partial charge in [-0.15, -0.1) is 10.2 Å². The number of benzene rings is 2. The fourth-order valence-corrected chi connectivity index (χ4v) is 7.17. The van der Waals surface area contributed by atoms with Gasteiger partial charge in [-0.05, 0) is 42.8 Å². The van der Waals surface area contributed by atoms with Crippen molar-refractivity contribution in [2.75, 3.05) is 13.1 Å². The van der Waals surface area contributed by atoms with E-state index in [0.717, 1.165) is 0 Å². The van der Waals surface area contributed by atoms with Crippen LogP contribution in [0, 0.1) is 0 Å². The van der Waals surface area contributed by atoms with Crippen LogP contribution in [0.4, 0.5) is 0 Å². The van der Waals surface area contributed by atoms with Gasteiger partial charge in [-0.1, -0.05) is 18.2 Å². The van der Waals surface area contributed by atoms with Crippen LogP contribution in [0.2, 0.25) is 0 Å². The van der Waals surface area contributed by atoms with Gasteiger partial charge in [-0.2, -0.15) is 5.21 Å². The average Bonchev–Trinajstić information content (AvgIpc) is 3.58. The van der Waals surface area contributed by atoms with Crippen LogP contribution in [0.25, 0.3) is 33.5 Å². The Morgan fingerprint density at radius 3 is 2.58 bits per heavy atom. The van der Waals surface area contributed by atoms with Crippen molar-refractivity contribution in [2.45, 2.75) is 35.2 Å². The van der Waals surface area contributed by atoms with Gasteiger partial charge in [0.15, 0.2) is 0 Å². The molecule has 1 aliphatic heterocycles. The van der Waals surface area contributed by atoms with Crippen LogP contribution in [-0.4, -0.2) is 66.6 Å². The number of nitrogens with two attached hydrogens (primary N) is 2.